The summed E-state index contributed by atoms with van der Waals surface area (Å²) >= 11 is 4.09. The first kappa shape index (κ1) is 6.09. The van der Waals surface area contributed by atoms with Crippen molar-refractivity contribution in [1.29, 1.82) is 0 Å². The van der Waals surface area contributed by atoms with Crippen LogP contribution in [-0.2, 0) is 0 Å². The van der Waals surface area contributed by atoms with Crippen LogP contribution in [0.25, 0.3) is 0 Å². The van der Waals surface area contributed by atoms with Gasteiger partial charge in [-0.2, -0.15) is 0 Å². The summed E-state index contributed by atoms with van der Waals surface area (Å²) in [4.78, 5) is 1.16. The van der Waals surface area contributed by atoms with Gasteiger partial charge in [-0.1, -0.05) is 13.0 Å². The molecule has 0 aliphatic carbocycles. The molecule has 0 fully saturated rings. The van der Waals surface area contributed by atoms with Crippen LogP contribution in [0, 0.1) is 0 Å². The predicted molar refractivity (Wildman–Crippen MR) is 33.0 cm³/mol. The molecule has 0 rings (SSSR count). The van der Waals surface area contributed by atoms with E-state index in [1.54, 1.807) is 0 Å². The minimum absolute atomic E-state index is 1.06. The average molecular weight is 102 g/mol. The third-order valence-corrected chi connectivity index (χ3v) is 1.27. The van der Waals surface area contributed by atoms with E-state index in [2.05, 4.69) is 19.6 Å². The van der Waals surface area contributed by atoms with Crippen molar-refractivity contribution < 1.29 is 0 Å². The highest BCUT2D eigenvalue weighted by Gasteiger charge is 1.74. The predicted octanol–water partition coefficient (Wildman–Crippen LogP) is 2.23. The molecule has 0 amide bonds. The second kappa shape index (κ2) is 3.29. The van der Waals surface area contributed by atoms with E-state index < -0.39 is 0 Å². The van der Waals surface area contributed by atoms with E-state index in [1.165, 1.54) is 0 Å². The van der Waals surface area contributed by atoms with Gasteiger partial charge in [0.1, 0.15) is 0 Å². The Labute approximate surface area is 44.7 Å². The third kappa shape index (κ3) is 2.33. The molecule has 0 N–H and O–H groups in total. The molecule has 0 unspecified atom stereocenters. The molecular weight excluding hydrogens is 92.1 g/mol. The summed E-state index contributed by atoms with van der Waals surface area (Å²) < 4.78 is 0. The molecule has 0 aliphatic rings. The van der Waals surface area contributed by atoms with Gasteiger partial charge in [-0.25, -0.2) is 0 Å². The van der Waals surface area contributed by atoms with Gasteiger partial charge in [0.15, 0.2) is 0 Å². The van der Waals surface area contributed by atoms with Crippen molar-refractivity contribution in [3.8, 4) is 0 Å². The number of allylic oxidation sites excluding steroid dienone is 2. The van der Waals surface area contributed by atoms with E-state index in [9.17, 15) is 0 Å². The van der Waals surface area contributed by atoms with Gasteiger partial charge in [-0.15, -0.1) is 12.6 Å². The maximum absolute atomic E-state index is 4.09. The fourth-order valence-electron chi connectivity index (χ4n) is 0.204. The van der Waals surface area contributed by atoms with Gasteiger partial charge in [0, 0.05) is 0 Å². The largest absolute Gasteiger partial charge is 0.148 e. The molecule has 0 radical (unpaired) electrons. The highest BCUT2D eigenvalue weighted by Crippen LogP contribution is 2.02. The molecule has 6 heavy (non-hydrogen) atoms. The van der Waals surface area contributed by atoms with Crippen LogP contribution in [0.3, 0.4) is 0 Å². The van der Waals surface area contributed by atoms with Gasteiger partial charge < -0.3 is 0 Å². The fraction of sp³-hybridized carbons (Fsp3) is 0.600. The fourth-order valence-corrected chi connectivity index (χ4v) is 0.204. The lowest BCUT2D eigenvalue weighted by Gasteiger charge is -1.83. The second-order valence-corrected chi connectivity index (χ2v) is 1.71. The number of thiol groups is 1. The highest BCUT2D eigenvalue weighted by molar-refractivity contribution is 7.84. The first-order valence-corrected chi connectivity index (χ1v) is 2.60. The van der Waals surface area contributed by atoms with Crippen molar-refractivity contribution >= 4 is 12.6 Å². The van der Waals surface area contributed by atoms with Crippen LogP contribution >= 0.6 is 12.6 Å². The highest BCUT2D eigenvalue weighted by atomic mass is 32.1. The van der Waals surface area contributed by atoms with Gasteiger partial charge >= 0.3 is 0 Å². The number of rotatable bonds is 1. The number of hydrogen-bond acceptors (Lipinski definition) is 1. The van der Waals surface area contributed by atoms with Crippen LogP contribution in [0.5, 0.6) is 0 Å². The van der Waals surface area contributed by atoms with Crippen molar-refractivity contribution in [2.45, 2.75) is 20.3 Å². The van der Waals surface area contributed by atoms with Gasteiger partial charge in [0.2, 0.25) is 0 Å². The Balaban J connectivity index is 3.22. The summed E-state index contributed by atoms with van der Waals surface area (Å²) in [5, 5.41) is 0. The molecule has 0 aromatic carbocycles. The molecule has 0 aromatic heterocycles. The van der Waals surface area contributed by atoms with Gasteiger partial charge in [-0.05, 0) is 18.2 Å². The maximum Gasteiger partial charge on any atom is -0.0230 e. The normalized spacial score (nSPS) is 12.2. The Kier molecular flexibility index (Phi) is 3.34. The Morgan fingerprint density at radius 2 is 2.33 bits per heavy atom. The Morgan fingerprint density at radius 1 is 1.83 bits per heavy atom. The summed E-state index contributed by atoms with van der Waals surface area (Å²) in [7, 11) is 0. The average Bonchev–Trinajstić information content (AvgIpc) is 1.65. The standard InChI is InChI=1S/C5H10S/c1-3-5(6)4-2/h3,6H,4H2,1-2H3. The molecule has 0 saturated heterocycles. The van der Waals surface area contributed by atoms with E-state index in [4.69, 9.17) is 0 Å². The van der Waals surface area contributed by atoms with Crippen molar-refractivity contribution in [3.63, 3.8) is 0 Å². The molecule has 1 heteroatoms. The zero-order valence-electron chi connectivity index (χ0n) is 4.23. The van der Waals surface area contributed by atoms with Crippen molar-refractivity contribution in [2.24, 2.45) is 0 Å². The molecule has 0 atom stereocenters. The maximum atomic E-state index is 4.09. The van der Waals surface area contributed by atoms with Crippen LogP contribution in [0.1, 0.15) is 20.3 Å². The first-order valence-electron chi connectivity index (χ1n) is 2.15. The molecule has 0 aromatic rings. The summed E-state index contributed by atoms with van der Waals surface area (Å²) in [5.41, 5.74) is 0. The van der Waals surface area contributed by atoms with E-state index >= 15 is 0 Å². The minimum Gasteiger partial charge on any atom is -0.148 e. The SMILES string of the molecule is CC=C(S)CC. The number of hydrogen-bond donors (Lipinski definition) is 1. The van der Waals surface area contributed by atoms with Crippen LogP contribution in [-0.4, -0.2) is 0 Å². The molecular formula is C5H10S. The topological polar surface area (TPSA) is 0 Å². The Morgan fingerprint density at radius 3 is 2.33 bits per heavy atom. The smallest absolute Gasteiger partial charge is 0.0230 e. The third-order valence-electron chi connectivity index (χ3n) is 0.695. The summed E-state index contributed by atoms with van der Waals surface area (Å²) in [6, 6.07) is 0. The van der Waals surface area contributed by atoms with Crippen LogP contribution in [0.4, 0.5) is 0 Å². The van der Waals surface area contributed by atoms with Crippen LogP contribution < -0.4 is 0 Å². The van der Waals surface area contributed by atoms with E-state index in [1.807, 2.05) is 13.0 Å². The van der Waals surface area contributed by atoms with Crippen molar-refractivity contribution in [3.05, 3.63) is 11.0 Å². The van der Waals surface area contributed by atoms with Crippen molar-refractivity contribution in [1.82, 2.24) is 0 Å². The van der Waals surface area contributed by atoms with Crippen LogP contribution in [0.15, 0.2) is 11.0 Å². The summed E-state index contributed by atoms with van der Waals surface area (Å²) in [5.74, 6) is 0. The van der Waals surface area contributed by atoms with Crippen molar-refractivity contribution in [2.75, 3.05) is 0 Å². The molecule has 0 nitrogen and oxygen atoms in total. The second-order valence-electron chi connectivity index (χ2n) is 1.13. The van der Waals surface area contributed by atoms with Crippen LogP contribution in [0.2, 0.25) is 0 Å². The quantitative estimate of drug-likeness (QED) is 0.482. The van der Waals surface area contributed by atoms with Gasteiger partial charge in [0.25, 0.3) is 0 Å². The Bertz CT molecular complexity index is 55.0. The summed E-state index contributed by atoms with van der Waals surface area (Å²) in [6.07, 6.45) is 3.06. The Hall–Kier alpha value is 0.0900. The van der Waals surface area contributed by atoms with E-state index in [-0.39, 0.29) is 0 Å². The molecule has 0 saturated carbocycles. The zero-order chi connectivity index (χ0) is 4.99. The lowest BCUT2D eigenvalue weighted by molar-refractivity contribution is 1.20. The molecule has 36 valence electrons. The molecule has 0 spiro atoms. The van der Waals surface area contributed by atoms with Gasteiger partial charge in [0.05, 0.1) is 0 Å². The lowest BCUT2D eigenvalue weighted by atomic mass is 10.4. The monoisotopic (exact) mass is 102 g/mol. The first-order chi connectivity index (χ1) is 2.81. The van der Waals surface area contributed by atoms with Gasteiger partial charge in [-0.3, -0.25) is 0 Å². The zero-order valence-corrected chi connectivity index (χ0v) is 5.13. The molecule has 0 bridgehead atoms. The molecule has 0 aliphatic heterocycles. The summed E-state index contributed by atoms with van der Waals surface area (Å²) in [6.45, 7) is 4.08. The minimum atomic E-state index is 1.06. The lowest BCUT2D eigenvalue weighted by Crippen LogP contribution is -1.59. The van der Waals surface area contributed by atoms with E-state index in [0.29, 0.717) is 0 Å². The van der Waals surface area contributed by atoms with E-state index in [0.717, 1.165) is 11.3 Å². The molecule has 0 heterocycles.